The Morgan fingerprint density at radius 2 is 1.85 bits per heavy atom. The maximum atomic E-state index is 12.3. The van der Waals surface area contributed by atoms with Gasteiger partial charge in [0.2, 0.25) is 5.91 Å². The SMILES string of the molecule is Cc1cccc(N(Cc2ccccc2)C(=O)CCN)c1. The summed E-state index contributed by atoms with van der Waals surface area (Å²) in [4.78, 5) is 14.1. The fourth-order valence-electron chi connectivity index (χ4n) is 2.14. The van der Waals surface area contributed by atoms with Crippen LogP contribution in [0.1, 0.15) is 17.5 Å². The lowest BCUT2D eigenvalue weighted by molar-refractivity contribution is -0.118. The molecule has 0 atom stereocenters. The molecule has 2 rings (SSSR count). The summed E-state index contributed by atoms with van der Waals surface area (Å²) in [6.07, 6.45) is 0.362. The lowest BCUT2D eigenvalue weighted by Crippen LogP contribution is -2.31. The van der Waals surface area contributed by atoms with Crippen molar-refractivity contribution < 1.29 is 4.79 Å². The topological polar surface area (TPSA) is 46.3 Å². The highest BCUT2D eigenvalue weighted by Crippen LogP contribution is 2.19. The summed E-state index contributed by atoms with van der Waals surface area (Å²) in [5, 5.41) is 0. The lowest BCUT2D eigenvalue weighted by Gasteiger charge is -2.23. The Bertz CT molecular complexity index is 566. The third-order valence-corrected chi connectivity index (χ3v) is 3.16. The number of amides is 1. The zero-order valence-corrected chi connectivity index (χ0v) is 11.8. The summed E-state index contributed by atoms with van der Waals surface area (Å²) < 4.78 is 0. The highest BCUT2D eigenvalue weighted by atomic mass is 16.2. The van der Waals surface area contributed by atoms with E-state index in [0.717, 1.165) is 16.8 Å². The van der Waals surface area contributed by atoms with Crippen LogP contribution in [-0.2, 0) is 11.3 Å². The van der Waals surface area contributed by atoms with Crippen molar-refractivity contribution in [2.75, 3.05) is 11.4 Å². The van der Waals surface area contributed by atoms with Crippen LogP contribution < -0.4 is 10.6 Å². The van der Waals surface area contributed by atoms with E-state index in [2.05, 4.69) is 0 Å². The minimum absolute atomic E-state index is 0.0574. The molecular formula is C17H20N2O. The number of hydrogen-bond donors (Lipinski definition) is 1. The molecule has 0 heterocycles. The molecule has 0 bridgehead atoms. The highest BCUT2D eigenvalue weighted by molar-refractivity contribution is 5.93. The molecule has 3 heteroatoms. The number of aryl methyl sites for hydroxylation is 1. The number of nitrogens with zero attached hydrogens (tertiary/aromatic N) is 1. The Morgan fingerprint density at radius 3 is 2.50 bits per heavy atom. The molecule has 0 aromatic heterocycles. The predicted molar refractivity (Wildman–Crippen MR) is 82.5 cm³/mol. The van der Waals surface area contributed by atoms with Crippen molar-refractivity contribution in [3.05, 3.63) is 65.7 Å². The van der Waals surface area contributed by atoms with Crippen LogP contribution in [0.5, 0.6) is 0 Å². The largest absolute Gasteiger partial charge is 0.330 e. The van der Waals surface area contributed by atoms with Crippen LogP contribution in [0.25, 0.3) is 0 Å². The molecule has 0 fully saturated rings. The second kappa shape index (κ2) is 6.87. The molecule has 20 heavy (non-hydrogen) atoms. The van der Waals surface area contributed by atoms with Crippen molar-refractivity contribution in [1.82, 2.24) is 0 Å². The maximum Gasteiger partial charge on any atom is 0.228 e. The monoisotopic (exact) mass is 268 g/mol. The van der Waals surface area contributed by atoms with Gasteiger partial charge in [0.1, 0.15) is 0 Å². The van der Waals surface area contributed by atoms with E-state index in [1.54, 1.807) is 4.90 Å². The van der Waals surface area contributed by atoms with Crippen molar-refractivity contribution in [2.45, 2.75) is 19.9 Å². The first-order chi connectivity index (χ1) is 9.70. The van der Waals surface area contributed by atoms with Gasteiger partial charge < -0.3 is 10.6 Å². The van der Waals surface area contributed by atoms with Gasteiger partial charge in [0, 0.05) is 18.7 Å². The Balaban J connectivity index is 2.27. The molecule has 0 spiro atoms. The summed E-state index contributed by atoms with van der Waals surface area (Å²) in [5.74, 6) is 0.0574. The van der Waals surface area contributed by atoms with Crippen molar-refractivity contribution in [3.63, 3.8) is 0 Å². The van der Waals surface area contributed by atoms with E-state index in [0.29, 0.717) is 19.5 Å². The molecule has 2 aromatic rings. The van der Waals surface area contributed by atoms with Crippen LogP contribution in [-0.4, -0.2) is 12.5 Å². The van der Waals surface area contributed by atoms with Crippen LogP contribution in [0.2, 0.25) is 0 Å². The predicted octanol–water partition coefficient (Wildman–Crippen LogP) is 2.88. The van der Waals surface area contributed by atoms with E-state index in [4.69, 9.17) is 5.73 Å². The smallest absolute Gasteiger partial charge is 0.228 e. The van der Waals surface area contributed by atoms with Gasteiger partial charge >= 0.3 is 0 Å². The third-order valence-electron chi connectivity index (χ3n) is 3.16. The first-order valence-corrected chi connectivity index (χ1v) is 6.81. The second-order valence-corrected chi connectivity index (χ2v) is 4.84. The summed E-state index contributed by atoms with van der Waals surface area (Å²) >= 11 is 0. The second-order valence-electron chi connectivity index (χ2n) is 4.84. The highest BCUT2D eigenvalue weighted by Gasteiger charge is 2.15. The summed E-state index contributed by atoms with van der Waals surface area (Å²) in [7, 11) is 0. The van der Waals surface area contributed by atoms with Gasteiger partial charge in [-0.2, -0.15) is 0 Å². The van der Waals surface area contributed by atoms with E-state index in [1.165, 1.54) is 0 Å². The number of rotatable bonds is 5. The normalized spacial score (nSPS) is 10.3. The molecule has 104 valence electrons. The van der Waals surface area contributed by atoms with Crippen molar-refractivity contribution in [3.8, 4) is 0 Å². The number of hydrogen-bond acceptors (Lipinski definition) is 2. The minimum Gasteiger partial charge on any atom is -0.330 e. The van der Waals surface area contributed by atoms with E-state index < -0.39 is 0 Å². The standard InChI is InChI=1S/C17H20N2O/c1-14-6-5-9-16(12-14)19(17(20)10-11-18)13-15-7-3-2-4-8-15/h2-9,12H,10-11,13,18H2,1H3. The van der Waals surface area contributed by atoms with Crippen molar-refractivity contribution >= 4 is 11.6 Å². The molecule has 2 N–H and O–H groups in total. The first kappa shape index (κ1) is 14.3. The maximum absolute atomic E-state index is 12.3. The lowest BCUT2D eigenvalue weighted by atomic mass is 10.1. The van der Waals surface area contributed by atoms with Crippen LogP contribution in [0.4, 0.5) is 5.69 Å². The van der Waals surface area contributed by atoms with Gasteiger partial charge in [-0.25, -0.2) is 0 Å². The molecule has 0 radical (unpaired) electrons. The van der Waals surface area contributed by atoms with Crippen LogP contribution >= 0.6 is 0 Å². The molecule has 0 saturated carbocycles. The number of carbonyl (C=O) groups excluding carboxylic acids is 1. The number of nitrogens with two attached hydrogens (primary N) is 1. The zero-order chi connectivity index (χ0) is 14.4. The molecule has 0 aliphatic rings. The van der Waals surface area contributed by atoms with Crippen molar-refractivity contribution in [2.24, 2.45) is 5.73 Å². The summed E-state index contributed by atoms with van der Waals surface area (Å²) in [6, 6.07) is 18.0. The Morgan fingerprint density at radius 1 is 1.10 bits per heavy atom. The van der Waals surface area contributed by atoms with Crippen LogP contribution in [0.3, 0.4) is 0 Å². The fourth-order valence-corrected chi connectivity index (χ4v) is 2.14. The van der Waals surface area contributed by atoms with Crippen LogP contribution in [0.15, 0.2) is 54.6 Å². The average Bonchev–Trinajstić information content (AvgIpc) is 2.46. The van der Waals surface area contributed by atoms with E-state index in [-0.39, 0.29) is 5.91 Å². The van der Waals surface area contributed by atoms with E-state index in [1.807, 2.05) is 61.5 Å². The summed E-state index contributed by atoms with van der Waals surface area (Å²) in [5.41, 5.74) is 8.69. The van der Waals surface area contributed by atoms with Gasteiger partial charge in [0.15, 0.2) is 0 Å². The Labute approximate surface area is 120 Å². The molecule has 3 nitrogen and oxygen atoms in total. The summed E-state index contributed by atoms with van der Waals surface area (Å²) in [6.45, 7) is 2.97. The van der Waals surface area contributed by atoms with Gasteiger partial charge in [0.05, 0.1) is 6.54 Å². The molecular weight excluding hydrogens is 248 g/mol. The third kappa shape index (κ3) is 3.68. The Hall–Kier alpha value is -2.13. The molecule has 0 aliphatic heterocycles. The van der Waals surface area contributed by atoms with Gasteiger partial charge in [0.25, 0.3) is 0 Å². The minimum atomic E-state index is 0.0574. The first-order valence-electron chi connectivity index (χ1n) is 6.81. The van der Waals surface area contributed by atoms with E-state index in [9.17, 15) is 4.79 Å². The number of carbonyl (C=O) groups is 1. The number of benzene rings is 2. The number of anilines is 1. The van der Waals surface area contributed by atoms with Crippen LogP contribution in [0, 0.1) is 6.92 Å². The molecule has 0 aliphatic carbocycles. The molecule has 2 aromatic carbocycles. The molecule has 0 unspecified atom stereocenters. The average molecular weight is 268 g/mol. The molecule has 0 saturated heterocycles. The molecule has 1 amide bonds. The van der Waals surface area contributed by atoms with Gasteiger partial charge in [-0.05, 0) is 30.2 Å². The Kier molecular flexibility index (Phi) is 4.91. The van der Waals surface area contributed by atoms with E-state index >= 15 is 0 Å². The fraction of sp³-hybridized carbons (Fsp3) is 0.235. The van der Waals surface area contributed by atoms with Gasteiger partial charge in [-0.15, -0.1) is 0 Å². The zero-order valence-electron chi connectivity index (χ0n) is 11.8. The quantitative estimate of drug-likeness (QED) is 0.906. The van der Waals surface area contributed by atoms with Gasteiger partial charge in [-0.3, -0.25) is 4.79 Å². The van der Waals surface area contributed by atoms with Gasteiger partial charge in [-0.1, -0.05) is 42.5 Å². The van der Waals surface area contributed by atoms with Crippen molar-refractivity contribution in [1.29, 1.82) is 0 Å².